The minimum absolute atomic E-state index is 0.628. The third-order valence-electron chi connectivity index (χ3n) is 1.48. The van der Waals surface area contributed by atoms with E-state index in [1.807, 2.05) is 38.1 Å². The van der Waals surface area contributed by atoms with Crippen LogP contribution in [0.25, 0.3) is 0 Å². The predicted octanol–water partition coefficient (Wildman–Crippen LogP) is 2.35. The molecular formula is C8H13I2N2V+. The van der Waals surface area contributed by atoms with Crippen molar-refractivity contribution >= 4 is 45.6 Å². The Balaban J connectivity index is 0.000000424. The summed E-state index contributed by atoms with van der Waals surface area (Å²) < 4.78 is 2.02. The van der Waals surface area contributed by atoms with Gasteiger partial charge in [-0.2, -0.15) is 0 Å². The molecular weight excluding hydrogens is 429 g/mol. The Kier molecular flexibility index (Phi) is 8.95. The number of hydrogen-bond donors (Lipinski definition) is 0. The van der Waals surface area contributed by atoms with E-state index in [-0.39, 0.29) is 0 Å². The van der Waals surface area contributed by atoms with Crippen LogP contribution in [0.4, 0.5) is 5.69 Å². The molecule has 0 radical (unpaired) electrons. The van der Waals surface area contributed by atoms with Gasteiger partial charge in [0.1, 0.15) is 7.05 Å². The first-order chi connectivity index (χ1) is 6.11. The summed E-state index contributed by atoms with van der Waals surface area (Å²) in [6, 6.07) is 4.17. The zero-order valence-electron chi connectivity index (χ0n) is 7.91. The van der Waals surface area contributed by atoms with Crippen LogP contribution in [-0.4, -0.2) is 14.1 Å². The Morgan fingerprint density at radius 1 is 1.23 bits per heavy atom. The zero-order valence-corrected chi connectivity index (χ0v) is 13.6. The first-order valence-electron chi connectivity index (χ1n) is 3.66. The average molecular weight is 442 g/mol. The molecule has 0 spiro atoms. The van der Waals surface area contributed by atoms with Crippen LogP contribution >= 0.6 is 40.0 Å². The van der Waals surface area contributed by atoms with Gasteiger partial charge in [-0.05, 0) is 0 Å². The van der Waals surface area contributed by atoms with E-state index in [9.17, 15) is 0 Å². The first-order valence-corrected chi connectivity index (χ1v) is 12.7. The van der Waals surface area contributed by atoms with Gasteiger partial charge in [0.25, 0.3) is 0 Å². The van der Waals surface area contributed by atoms with E-state index in [0.717, 1.165) is 0 Å². The van der Waals surface area contributed by atoms with E-state index in [1.54, 1.807) is 0 Å². The number of rotatable bonds is 1. The summed E-state index contributed by atoms with van der Waals surface area (Å²) in [5.41, 5.74) is 1.23. The van der Waals surface area contributed by atoms with Gasteiger partial charge in [0.05, 0.1) is 0 Å². The molecule has 0 saturated heterocycles. The molecule has 0 aliphatic heterocycles. The molecule has 0 aliphatic rings. The molecule has 1 rings (SSSR count). The van der Waals surface area contributed by atoms with Crippen LogP contribution < -0.4 is 9.47 Å². The third-order valence-corrected chi connectivity index (χ3v) is 1.48. The summed E-state index contributed by atoms with van der Waals surface area (Å²) in [4.78, 5) is 2.08. The number of nitrogens with zero attached hydrogens (tertiary/aromatic N) is 2. The van der Waals surface area contributed by atoms with Crippen molar-refractivity contribution in [3.05, 3.63) is 24.5 Å². The van der Waals surface area contributed by atoms with E-state index in [0.29, 0.717) is 9.47 Å². The molecule has 0 atom stereocenters. The fourth-order valence-electron chi connectivity index (χ4n) is 0.791. The molecule has 0 amide bonds. The summed E-state index contributed by atoms with van der Waals surface area (Å²) in [6.45, 7) is 0. The van der Waals surface area contributed by atoms with Crippen molar-refractivity contribution in [3.8, 4) is 0 Å². The molecule has 0 fully saturated rings. The van der Waals surface area contributed by atoms with Crippen LogP contribution in [0.2, 0.25) is 0 Å². The second kappa shape index (κ2) is 8.31. The van der Waals surface area contributed by atoms with Gasteiger partial charge in [-0.1, -0.05) is 0 Å². The van der Waals surface area contributed by atoms with Crippen molar-refractivity contribution in [2.75, 3.05) is 19.0 Å². The van der Waals surface area contributed by atoms with Gasteiger partial charge < -0.3 is 4.90 Å². The summed E-state index contributed by atoms with van der Waals surface area (Å²) >= 11 is 4.74. The van der Waals surface area contributed by atoms with Gasteiger partial charge in [-0.15, -0.1) is 0 Å². The van der Waals surface area contributed by atoms with E-state index >= 15 is 0 Å². The van der Waals surface area contributed by atoms with Crippen LogP contribution in [0.1, 0.15) is 0 Å². The minimum atomic E-state index is 0.628. The molecule has 1 heterocycles. The fourth-order valence-corrected chi connectivity index (χ4v) is 0.791. The Bertz CT molecular complexity index is 226. The van der Waals surface area contributed by atoms with Crippen molar-refractivity contribution < 1.29 is 14.0 Å². The van der Waals surface area contributed by atoms with Crippen molar-refractivity contribution in [3.63, 3.8) is 0 Å². The first kappa shape index (κ1) is 14.0. The number of pyridine rings is 1. The quantitative estimate of drug-likeness (QED) is 0.479. The van der Waals surface area contributed by atoms with Gasteiger partial charge in [0.15, 0.2) is 12.4 Å². The van der Waals surface area contributed by atoms with Crippen LogP contribution in [-0.2, 0) is 16.5 Å². The monoisotopic (exact) mass is 442 g/mol. The van der Waals surface area contributed by atoms with Gasteiger partial charge in [-0.25, -0.2) is 4.57 Å². The second-order valence-corrected chi connectivity index (χ2v) is 14.5. The van der Waals surface area contributed by atoms with Crippen LogP contribution in [0, 0.1) is 0 Å². The molecule has 0 unspecified atom stereocenters. The standard InChI is InChI=1S/C8H13N2.2HI.V/c1-9(2)8-4-6-10(3)7-5-8;;;/h4-7H,1-3H3;2*1H;/q+1;;;+2/p-2. The van der Waals surface area contributed by atoms with Crippen molar-refractivity contribution in [2.24, 2.45) is 7.05 Å². The van der Waals surface area contributed by atoms with Crippen molar-refractivity contribution in [1.82, 2.24) is 0 Å². The van der Waals surface area contributed by atoms with Crippen LogP contribution in [0.3, 0.4) is 0 Å². The molecule has 2 nitrogen and oxygen atoms in total. The molecule has 5 heteroatoms. The molecule has 0 bridgehead atoms. The molecule has 0 N–H and O–H groups in total. The van der Waals surface area contributed by atoms with E-state index in [2.05, 4.69) is 57.0 Å². The Labute approximate surface area is 109 Å². The number of aryl methyl sites for hydroxylation is 1. The van der Waals surface area contributed by atoms with Gasteiger partial charge in [-0.3, -0.25) is 0 Å². The molecule has 1 aromatic rings. The van der Waals surface area contributed by atoms with Crippen molar-refractivity contribution in [2.45, 2.75) is 0 Å². The molecule has 73 valence electrons. The predicted molar refractivity (Wildman–Crippen MR) is 70.0 cm³/mol. The Hall–Kier alpha value is 0.994. The van der Waals surface area contributed by atoms with Gasteiger partial charge in [0.2, 0.25) is 0 Å². The molecule has 0 aliphatic carbocycles. The van der Waals surface area contributed by atoms with Crippen molar-refractivity contribution in [1.29, 1.82) is 0 Å². The summed E-state index contributed by atoms with van der Waals surface area (Å²) in [5.74, 6) is 0. The SMILES string of the molecule is CN(C)c1cc[n+](C)cc1.[I][V][I]. The summed E-state index contributed by atoms with van der Waals surface area (Å²) in [7, 11) is 6.71. The molecule has 13 heavy (non-hydrogen) atoms. The number of hydrogen-bond acceptors (Lipinski definition) is 1. The Morgan fingerprint density at radius 3 is 1.92 bits per heavy atom. The third kappa shape index (κ3) is 6.99. The van der Waals surface area contributed by atoms with Gasteiger partial charge >= 0.3 is 49.4 Å². The van der Waals surface area contributed by atoms with E-state index < -0.39 is 0 Å². The maximum absolute atomic E-state index is 2.37. The summed E-state index contributed by atoms with van der Waals surface area (Å²) in [5, 5.41) is 0. The number of aromatic nitrogens is 1. The van der Waals surface area contributed by atoms with Gasteiger partial charge in [0, 0.05) is 31.9 Å². The fraction of sp³-hybridized carbons (Fsp3) is 0.375. The number of halogens is 2. The van der Waals surface area contributed by atoms with E-state index in [1.165, 1.54) is 5.69 Å². The van der Waals surface area contributed by atoms with E-state index in [4.69, 9.17) is 0 Å². The van der Waals surface area contributed by atoms with Crippen LogP contribution in [0.15, 0.2) is 24.5 Å². The second-order valence-electron chi connectivity index (χ2n) is 2.68. The van der Waals surface area contributed by atoms with Crippen LogP contribution in [0.5, 0.6) is 0 Å². The molecule has 1 aromatic heterocycles. The molecule has 0 saturated carbocycles. The summed E-state index contributed by atoms with van der Waals surface area (Å²) in [6.07, 6.45) is 4.07. The Morgan fingerprint density at radius 2 is 1.62 bits per heavy atom. The number of anilines is 1. The maximum atomic E-state index is 2.37. The average Bonchev–Trinajstić information content (AvgIpc) is 2.06. The topological polar surface area (TPSA) is 7.12 Å². The molecule has 0 aromatic carbocycles. The normalized spacial score (nSPS) is 8.38. The zero-order chi connectivity index (χ0) is 10.3.